The third-order valence-electron chi connectivity index (χ3n) is 2.70. The molecule has 1 nitrogen and oxygen atoms in total. The lowest BCUT2D eigenvalue weighted by Crippen LogP contribution is -2.17. The van der Waals surface area contributed by atoms with Gasteiger partial charge >= 0.3 is 0 Å². The Morgan fingerprint density at radius 3 is 2.69 bits per heavy atom. The fraction of sp³-hybridized carbons (Fsp3) is 0.308. The van der Waals surface area contributed by atoms with Gasteiger partial charge in [0.15, 0.2) is 5.78 Å². The summed E-state index contributed by atoms with van der Waals surface area (Å²) in [4.78, 5) is 11.6. The summed E-state index contributed by atoms with van der Waals surface area (Å²) in [5, 5.41) is 0.653. The molecule has 1 aliphatic carbocycles. The summed E-state index contributed by atoms with van der Waals surface area (Å²) >= 11 is 5.76. The van der Waals surface area contributed by atoms with E-state index in [9.17, 15) is 9.18 Å². The first kappa shape index (κ1) is 11.3. The Morgan fingerprint density at radius 1 is 1.31 bits per heavy atom. The largest absolute Gasteiger partial charge is 0.295 e. The molecule has 1 saturated carbocycles. The maximum atomic E-state index is 13.2. The van der Waals surface area contributed by atoms with E-state index in [1.54, 1.807) is 18.2 Å². The van der Waals surface area contributed by atoms with Crippen LogP contribution in [0.5, 0.6) is 0 Å². The number of allylic oxidation sites excluding steroid dienone is 1. The van der Waals surface area contributed by atoms with Crippen molar-refractivity contribution in [2.24, 2.45) is 0 Å². The zero-order chi connectivity index (χ0) is 11.5. The molecule has 84 valence electrons. The van der Waals surface area contributed by atoms with Crippen molar-refractivity contribution in [2.45, 2.75) is 25.4 Å². The molecule has 0 amide bonds. The second-order valence-corrected chi connectivity index (χ2v) is 4.42. The Labute approximate surface area is 98.9 Å². The number of halogens is 2. The molecule has 1 atom stereocenters. The molecule has 1 aromatic rings. The van der Waals surface area contributed by atoms with E-state index in [-0.39, 0.29) is 12.2 Å². The number of carbonyl (C=O) groups is 1. The van der Waals surface area contributed by atoms with E-state index in [1.807, 2.05) is 12.1 Å². The van der Waals surface area contributed by atoms with E-state index >= 15 is 0 Å². The summed E-state index contributed by atoms with van der Waals surface area (Å²) in [6, 6.07) is 7.16. The molecule has 0 aliphatic heterocycles. The van der Waals surface area contributed by atoms with Gasteiger partial charge in [-0.25, -0.2) is 4.39 Å². The highest BCUT2D eigenvalue weighted by Gasteiger charge is 2.22. The van der Waals surface area contributed by atoms with Crippen LogP contribution in [-0.2, 0) is 4.79 Å². The SMILES string of the molecule is O=C1CCC(F)C/C1=C/c1ccc(Cl)cc1. The lowest BCUT2D eigenvalue weighted by atomic mass is 9.91. The molecule has 0 radical (unpaired) electrons. The van der Waals surface area contributed by atoms with Gasteiger partial charge in [0.25, 0.3) is 0 Å². The number of alkyl halides is 1. The molecule has 2 rings (SSSR count). The van der Waals surface area contributed by atoms with Crippen molar-refractivity contribution in [1.29, 1.82) is 0 Å². The number of benzene rings is 1. The molecule has 0 bridgehead atoms. The molecule has 1 unspecified atom stereocenters. The topological polar surface area (TPSA) is 17.1 Å². The summed E-state index contributed by atoms with van der Waals surface area (Å²) in [5.41, 5.74) is 1.47. The van der Waals surface area contributed by atoms with Crippen LogP contribution >= 0.6 is 11.6 Å². The van der Waals surface area contributed by atoms with Crippen LogP contribution in [0.3, 0.4) is 0 Å². The van der Waals surface area contributed by atoms with Crippen molar-refractivity contribution in [3.63, 3.8) is 0 Å². The minimum Gasteiger partial charge on any atom is -0.295 e. The van der Waals surface area contributed by atoms with Gasteiger partial charge in [0.2, 0.25) is 0 Å². The number of rotatable bonds is 1. The Balaban J connectivity index is 2.22. The van der Waals surface area contributed by atoms with Crippen molar-refractivity contribution in [3.05, 3.63) is 40.4 Å². The lowest BCUT2D eigenvalue weighted by molar-refractivity contribution is -0.117. The fourth-order valence-electron chi connectivity index (χ4n) is 1.80. The van der Waals surface area contributed by atoms with Gasteiger partial charge in [-0.3, -0.25) is 4.79 Å². The summed E-state index contributed by atoms with van der Waals surface area (Å²) in [7, 11) is 0. The van der Waals surface area contributed by atoms with Crippen LogP contribution < -0.4 is 0 Å². The van der Waals surface area contributed by atoms with E-state index in [0.717, 1.165) is 5.56 Å². The minimum absolute atomic E-state index is 0.0591. The third-order valence-corrected chi connectivity index (χ3v) is 2.95. The smallest absolute Gasteiger partial charge is 0.159 e. The summed E-state index contributed by atoms with van der Waals surface area (Å²) in [6.07, 6.45) is 1.79. The van der Waals surface area contributed by atoms with E-state index in [1.165, 1.54) is 0 Å². The van der Waals surface area contributed by atoms with Gasteiger partial charge in [-0.05, 0) is 35.8 Å². The van der Waals surface area contributed by atoms with Crippen molar-refractivity contribution in [3.8, 4) is 0 Å². The van der Waals surface area contributed by atoms with Crippen LogP contribution in [0.25, 0.3) is 6.08 Å². The molecule has 0 spiro atoms. The third kappa shape index (κ3) is 2.70. The summed E-state index contributed by atoms with van der Waals surface area (Å²) in [6.45, 7) is 0. The molecule has 0 heterocycles. The molecule has 0 N–H and O–H groups in total. The second kappa shape index (κ2) is 4.79. The number of hydrogen-bond donors (Lipinski definition) is 0. The summed E-state index contributed by atoms with van der Waals surface area (Å²) < 4.78 is 13.2. The van der Waals surface area contributed by atoms with E-state index in [4.69, 9.17) is 11.6 Å². The molecule has 0 saturated heterocycles. The zero-order valence-corrected chi connectivity index (χ0v) is 9.51. The monoisotopic (exact) mass is 238 g/mol. The molecule has 1 fully saturated rings. The van der Waals surface area contributed by atoms with E-state index in [0.29, 0.717) is 23.4 Å². The van der Waals surface area contributed by atoms with E-state index < -0.39 is 6.17 Å². The van der Waals surface area contributed by atoms with Crippen LogP contribution in [0.2, 0.25) is 5.02 Å². The predicted octanol–water partition coefficient (Wildman–Crippen LogP) is 3.81. The normalized spacial score (nSPS) is 23.8. The first-order valence-corrected chi connectivity index (χ1v) is 5.66. The fourth-order valence-corrected chi connectivity index (χ4v) is 1.93. The quantitative estimate of drug-likeness (QED) is 0.680. The summed E-state index contributed by atoms with van der Waals surface area (Å²) in [5.74, 6) is 0.0591. The Morgan fingerprint density at radius 2 is 2.00 bits per heavy atom. The van der Waals surface area contributed by atoms with Crippen LogP contribution in [0.1, 0.15) is 24.8 Å². The molecular formula is C13H12ClFO. The standard InChI is InChI=1S/C13H12ClFO/c14-11-3-1-9(2-4-11)7-10-8-12(15)5-6-13(10)16/h1-4,7,12H,5-6,8H2/b10-7-. The Bertz CT molecular complexity index is 422. The maximum absolute atomic E-state index is 13.2. The second-order valence-electron chi connectivity index (χ2n) is 3.98. The number of carbonyl (C=O) groups excluding carboxylic acids is 1. The van der Waals surface area contributed by atoms with Crippen molar-refractivity contribution < 1.29 is 9.18 Å². The number of Topliss-reactive ketones (excluding diaryl/α,β-unsaturated/α-hetero) is 1. The van der Waals surface area contributed by atoms with Gasteiger partial charge in [-0.1, -0.05) is 23.7 Å². The van der Waals surface area contributed by atoms with Crippen LogP contribution in [0, 0.1) is 0 Å². The maximum Gasteiger partial charge on any atom is 0.159 e. The molecule has 0 aromatic heterocycles. The van der Waals surface area contributed by atoms with Crippen molar-refractivity contribution in [1.82, 2.24) is 0 Å². The highest BCUT2D eigenvalue weighted by molar-refractivity contribution is 6.30. The van der Waals surface area contributed by atoms with Crippen LogP contribution in [0.4, 0.5) is 4.39 Å². The van der Waals surface area contributed by atoms with Gasteiger partial charge in [0, 0.05) is 17.9 Å². The Hall–Kier alpha value is -1.15. The molecule has 3 heteroatoms. The van der Waals surface area contributed by atoms with E-state index in [2.05, 4.69) is 0 Å². The molecular weight excluding hydrogens is 227 g/mol. The number of hydrogen-bond acceptors (Lipinski definition) is 1. The van der Waals surface area contributed by atoms with Gasteiger partial charge < -0.3 is 0 Å². The van der Waals surface area contributed by atoms with Crippen molar-refractivity contribution >= 4 is 23.5 Å². The molecule has 1 aliphatic rings. The van der Waals surface area contributed by atoms with Gasteiger partial charge in [0.05, 0.1) is 0 Å². The lowest BCUT2D eigenvalue weighted by Gasteiger charge is -2.16. The van der Waals surface area contributed by atoms with Crippen LogP contribution in [-0.4, -0.2) is 12.0 Å². The average Bonchev–Trinajstić information content (AvgIpc) is 2.27. The number of ketones is 1. The zero-order valence-electron chi connectivity index (χ0n) is 8.75. The predicted molar refractivity (Wildman–Crippen MR) is 63.2 cm³/mol. The van der Waals surface area contributed by atoms with Crippen molar-refractivity contribution in [2.75, 3.05) is 0 Å². The minimum atomic E-state index is -0.878. The molecule has 1 aromatic carbocycles. The van der Waals surface area contributed by atoms with Gasteiger partial charge in [-0.2, -0.15) is 0 Å². The highest BCUT2D eigenvalue weighted by atomic mass is 35.5. The first-order chi connectivity index (χ1) is 7.65. The Kier molecular flexibility index (Phi) is 3.39. The highest BCUT2D eigenvalue weighted by Crippen LogP contribution is 2.25. The molecule has 16 heavy (non-hydrogen) atoms. The first-order valence-electron chi connectivity index (χ1n) is 5.28. The van der Waals surface area contributed by atoms with Crippen LogP contribution in [0.15, 0.2) is 29.8 Å². The van der Waals surface area contributed by atoms with Gasteiger partial charge in [-0.15, -0.1) is 0 Å². The van der Waals surface area contributed by atoms with Gasteiger partial charge in [0.1, 0.15) is 6.17 Å². The average molecular weight is 239 g/mol.